The van der Waals surface area contributed by atoms with E-state index in [0.29, 0.717) is 35.4 Å². The number of para-hydroxylation sites is 1. The molecule has 3 aliphatic rings. The second-order valence-corrected chi connectivity index (χ2v) is 9.40. The quantitative estimate of drug-likeness (QED) is 0.599. The van der Waals surface area contributed by atoms with Crippen molar-refractivity contribution in [2.24, 2.45) is 0 Å². The molecule has 7 nitrogen and oxygen atoms in total. The molecule has 0 bridgehead atoms. The molecule has 174 valence electrons. The van der Waals surface area contributed by atoms with Crippen LogP contribution in [0.1, 0.15) is 52.6 Å². The van der Waals surface area contributed by atoms with Gasteiger partial charge in [0.05, 0.1) is 22.7 Å². The summed E-state index contributed by atoms with van der Waals surface area (Å²) in [4.78, 5) is 45.4. The molecule has 1 aromatic heterocycles. The topological polar surface area (TPSA) is 80.1 Å². The Balaban J connectivity index is 1.71. The smallest absolute Gasteiger partial charge is 0.291 e. The Kier molecular flexibility index (Phi) is 4.51. The average Bonchev–Trinajstić information content (AvgIpc) is 3.49. The van der Waals surface area contributed by atoms with Crippen molar-refractivity contribution in [1.29, 1.82) is 0 Å². The van der Waals surface area contributed by atoms with E-state index in [1.807, 2.05) is 45.0 Å². The van der Waals surface area contributed by atoms with Crippen molar-refractivity contribution in [3.8, 4) is 0 Å². The third-order valence-electron chi connectivity index (χ3n) is 7.58. The van der Waals surface area contributed by atoms with Crippen molar-refractivity contribution in [2.75, 3.05) is 24.6 Å². The summed E-state index contributed by atoms with van der Waals surface area (Å²) in [5.41, 5.74) is 1.87. The third-order valence-corrected chi connectivity index (χ3v) is 7.58. The van der Waals surface area contributed by atoms with Crippen LogP contribution < -0.4 is 10.3 Å². The maximum atomic E-state index is 14.2. The summed E-state index contributed by atoms with van der Waals surface area (Å²) in [6, 6.07) is 11.0. The first-order valence-corrected chi connectivity index (χ1v) is 11.8. The Hall–Kier alpha value is -3.45. The number of hydrogen-bond acceptors (Lipinski definition) is 5. The number of carbonyl (C=O) groups is 2. The number of benzene rings is 2. The van der Waals surface area contributed by atoms with Crippen LogP contribution in [0.4, 0.5) is 5.69 Å². The largest absolute Gasteiger partial charge is 0.450 e. The Morgan fingerprint density at radius 1 is 1.09 bits per heavy atom. The van der Waals surface area contributed by atoms with E-state index < -0.39 is 11.4 Å². The van der Waals surface area contributed by atoms with Gasteiger partial charge >= 0.3 is 0 Å². The average molecular weight is 459 g/mol. The van der Waals surface area contributed by atoms with Gasteiger partial charge in [0, 0.05) is 25.3 Å². The monoisotopic (exact) mass is 458 g/mol. The van der Waals surface area contributed by atoms with Gasteiger partial charge in [0.15, 0.2) is 11.0 Å². The van der Waals surface area contributed by atoms with E-state index >= 15 is 0 Å². The molecule has 2 amide bonds. The van der Waals surface area contributed by atoms with E-state index in [1.54, 1.807) is 17.0 Å². The molecule has 1 spiro atoms. The number of aryl methyl sites for hydroxylation is 2. The molecule has 1 saturated heterocycles. The molecule has 0 radical (unpaired) electrons. The molecule has 3 aromatic rings. The van der Waals surface area contributed by atoms with Gasteiger partial charge in [0.2, 0.25) is 5.76 Å². The Bertz CT molecular complexity index is 1430. The summed E-state index contributed by atoms with van der Waals surface area (Å²) in [6.45, 7) is 7.02. The summed E-state index contributed by atoms with van der Waals surface area (Å²) >= 11 is 0. The molecular weight excluding hydrogens is 432 g/mol. The minimum atomic E-state index is -1.56. The minimum Gasteiger partial charge on any atom is -0.450 e. The fourth-order valence-electron chi connectivity index (χ4n) is 5.80. The van der Waals surface area contributed by atoms with E-state index in [-0.39, 0.29) is 35.3 Å². The van der Waals surface area contributed by atoms with Gasteiger partial charge in [0.25, 0.3) is 11.8 Å². The summed E-state index contributed by atoms with van der Waals surface area (Å²) in [5.74, 6) is -0.777. The summed E-state index contributed by atoms with van der Waals surface area (Å²) in [6.07, 6.45) is 1.50. The van der Waals surface area contributed by atoms with Crippen LogP contribution in [-0.2, 0) is 15.1 Å². The van der Waals surface area contributed by atoms with Crippen LogP contribution in [0.25, 0.3) is 11.0 Å². The van der Waals surface area contributed by atoms with Crippen molar-refractivity contribution >= 4 is 28.5 Å². The number of rotatable bonds is 3. The van der Waals surface area contributed by atoms with Crippen LogP contribution in [0.3, 0.4) is 0 Å². The molecule has 4 heterocycles. The van der Waals surface area contributed by atoms with Crippen molar-refractivity contribution in [3.63, 3.8) is 0 Å². The lowest BCUT2D eigenvalue weighted by Gasteiger charge is -2.35. The third kappa shape index (κ3) is 2.53. The summed E-state index contributed by atoms with van der Waals surface area (Å²) in [5, 5.41) is 0.383. The number of nitrogens with zero attached hydrogens (tertiary/aromatic N) is 2. The van der Waals surface area contributed by atoms with Gasteiger partial charge in [-0.15, -0.1) is 0 Å². The van der Waals surface area contributed by atoms with E-state index in [1.165, 1.54) is 4.90 Å². The second-order valence-electron chi connectivity index (χ2n) is 9.40. The zero-order chi connectivity index (χ0) is 23.8. The number of hydrogen-bond donors (Lipinski definition) is 0. The van der Waals surface area contributed by atoms with Crippen LogP contribution in [-0.4, -0.2) is 42.5 Å². The van der Waals surface area contributed by atoms with Gasteiger partial charge < -0.3 is 19.0 Å². The number of carbonyl (C=O) groups excluding carboxylic acids is 2. The van der Waals surface area contributed by atoms with E-state index in [0.717, 1.165) is 24.0 Å². The van der Waals surface area contributed by atoms with E-state index in [4.69, 9.17) is 9.15 Å². The van der Waals surface area contributed by atoms with Crippen LogP contribution in [0.5, 0.6) is 0 Å². The standard InChI is InChI=1S/C27H26N2O5/c1-4-28-20-10-6-5-9-19(20)27(26(28)32)22-23(30)18-12-15(2)16(3)13-21(18)34-24(22)25(31)29(27)14-17-8-7-11-33-17/h5-6,9-10,12-13,17H,4,7-8,11,14H2,1-3H3. The van der Waals surface area contributed by atoms with Gasteiger partial charge in [-0.2, -0.15) is 0 Å². The normalized spacial score (nSPS) is 23.4. The summed E-state index contributed by atoms with van der Waals surface area (Å²) < 4.78 is 12.0. The lowest BCUT2D eigenvalue weighted by Crippen LogP contribution is -2.55. The van der Waals surface area contributed by atoms with Gasteiger partial charge in [-0.05, 0) is 62.9 Å². The molecule has 0 N–H and O–H groups in total. The number of anilines is 1. The Morgan fingerprint density at radius 3 is 2.59 bits per heavy atom. The van der Waals surface area contributed by atoms with Crippen LogP contribution in [0, 0.1) is 13.8 Å². The molecule has 1 fully saturated rings. The highest BCUT2D eigenvalue weighted by Crippen LogP contribution is 2.52. The van der Waals surface area contributed by atoms with Crippen molar-refractivity contribution < 1.29 is 18.7 Å². The van der Waals surface area contributed by atoms with E-state index in [9.17, 15) is 14.4 Å². The predicted octanol–water partition coefficient (Wildman–Crippen LogP) is 3.65. The molecular formula is C27H26N2O5. The lowest BCUT2D eigenvalue weighted by atomic mass is 9.83. The van der Waals surface area contributed by atoms with Gasteiger partial charge in [-0.25, -0.2) is 0 Å². The zero-order valence-corrected chi connectivity index (χ0v) is 19.5. The predicted molar refractivity (Wildman–Crippen MR) is 127 cm³/mol. The van der Waals surface area contributed by atoms with Gasteiger partial charge in [-0.3, -0.25) is 14.4 Å². The fourth-order valence-corrected chi connectivity index (χ4v) is 5.80. The SMILES string of the molecule is CCN1C(=O)C2(c3ccccc31)c1c(oc3cc(C)c(C)cc3c1=O)C(=O)N2CC1CCCO1. The Morgan fingerprint density at radius 2 is 1.85 bits per heavy atom. The highest BCUT2D eigenvalue weighted by atomic mass is 16.5. The molecule has 34 heavy (non-hydrogen) atoms. The molecule has 0 aliphatic carbocycles. The molecule has 2 aromatic carbocycles. The van der Waals surface area contributed by atoms with Gasteiger partial charge in [-0.1, -0.05) is 18.2 Å². The van der Waals surface area contributed by atoms with Crippen molar-refractivity contribution in [1.82, 2.24) is 4.90 Å². The number of ether oxygens (including phenoxy) is 1. The number of fused-ring (bicyclic) bond motifs is 5. The highest BCUT2D eigenvalue weighted by molar-refractivity contribution is 6.17. The molecule has 7 heteroatoms. The second kappa shape index (κ2) is 7.27. The first-order chi connectivity index (χ1) is 16.4. The first-order valence-electron chi connectivity index (χ1n) is 11.8. The number of likely N-dealkylation sites (N-methyl/N-ethyl adjacent to an activating group) is 1. The minimum absolute atomic E-state index is 0.0418. The van der Waals surface area contributed by atoms with Crippen molar-refractivity contribution in [2.45, 2.75) is 45.3 Å². The molecule has 2 unspecified atom stereocenters. The number of amides is 2. The molecule has 0 saturated carbocycles. The van der Waals surface area contributed by atoms with Crippen LogP contribution in [0.15, 0.2) is 45.6 Å². The van der Waals surface area contributed by atoms with Crippen LogP contribution >= 0.6 is 0 Å². The lowest BCUT2D eigenvalue weighted by molar-refractivity contribution is -0.126. The Labute approximate surface area is 196 Å². The molecule has 6 rings (SSSR count). The van der Waals surface area contributed by atoms with Crippen molar-refractivity contribution in [3.05, 3.63) is 74.6 Å². The fraction of sp³-hybridized carbons (Fsp3) is 0.370. The maximum absolute atomic E-state index is 14.2. The summed E-state index contributed by atoms with van der Waals surface area (Å²) in [7, 11) is 0. The van der Waals surface area contributed by atoms with E-state index in [2.05, 4.69) is 0 Å². The highest BCUT2D eigenvalue weighted by Gasteiger charge is 2.65. The van der Waals surface area contributed by atoms with Gasteiger partial charge in [0.1, 0.15) is 5.58 Å². The first kappa shape index (κ1) is 21.1. The van der Waals surface area contributed by atoms with Crippen LogP contribution in [0.2, 0.25) is 0 Å². The molecule has 2 atom stereocenters. The molecule has 3 aliphatic heterocycles. The maximum Gasteiger partial charge on any atom is 0.291 e. The zero-order valence-electron chi connectivity index (χ0n) is 19.5.